The van der Waals surface area contributed by atoms with Gasteiger partial charge in [-0.15, -0.1) is 0 Å². The Morgan fingerprint density at radius 1 is 1.12 bits per heavy atom. The van der Waals surface area contributed by atoms with Crippen LogP contribution >= 0.6 is 11.6 Å². The van der Waals surface area contributed by atoms with E-state index in [9.17, 15) is 19.7 Å². The van der Waals surface area contributed by atoms with Crippen molar-refractivity contribution in [1.29, 1.82) is 0 Å². The minimum Gasteiger partial charge on any atom is -0.454 e. The zero-order chi connectivity index (χ0) is 18.7. The molecule has 1 aromatic heterocycles. The molecular weight excluding hydrogens is 360 g/mol. The zero-order valence-electron chi connectivity index (χ0n) is 13.2. The number of ketones is 1. The molecule has 0 bridgehead atoms. The lowest BCUT2D eigenvalue weighted by atomic mass is 10.1. The van der Waals surface area contributed by atoms with Crippen molar-refractivity contribution in [2.45, 2.75) is 0 Å². The second kappa shape index (κ2) is 7.28. The van der Waals surface area contributed by atoms with Crippen LogP contribution in [0.25, 0.3) is 10.9 Å². The first-order valence-corrected chi connectivity index (χ1v) is 7.83. The molecule has 1 heterocycles. The largest absolute Gasteiger partial charge is 0.454 e. The van der Waals surface area contributed by atoms with Crippen molar-refractivity contribution in [3.05, 3.63) is 81.0 Å². The van der Waals surface area contributed by atoms with Gasteiger partial charge in [0.2, 0.25) is 0 Å². The number of para-hydroxylation sites is 1. The molecule has 130 valence electrons. The summed E-state index contributed by atoms with van der Waals surface area (Å²) >= 11 is 5.93. The van der Waals surface area contributed by atoms with Gasteiger partial charge in [0.1, 0.15) is 5.15 Å². The van der Waals surface area contributed by atoms with Crippen molar-refractivity contribution in [3.8, 4) is 0 Å². The summed E-state index contributed by atoms with van der Waals surface area (Å²) in [5.41, 5.74) is 0.822. The molecule has 3 rings (SSSR count). The Balaban J connectivity index is 1.75. The number of aromatic nitrogens is 1. The van der Waals surface area contributed by atoms with Crippen molar-refractivity contribution in [3.63, 3.8) is 0 Å². The number of non-ortho nitro benzene ring substituents is 1. The summed E-state index contributed by atoms with van der Waals surface area (Å²) < 4.78 is 5.08. The number of ether oxygens (including phenoxy) is 1. The van der Waals surface area contributed by atoms with Crippen molar-refractivity contribution in [2.75, 3.05) is 6.61 Å². The van der Waals surface area contributed by atoms with Crippen LogP contribution in [0.1, 0.15) is 20.7 Å². The number of carbonyl (C=O) groups excluding carboxylic acids is 2. The molecule has 0 aliphatic heterocycles. The highest BCUT2D eigenvalue weighted by molar-refractivity contribution is 6.30. The quantitative estimate of drug-likeness (QED) is 0.222. The lowest BCUT2D eigenvalue weighted by Gasteiger charge is -2.07. The predicted molar refractivity (Wildman–Crippen MR) is 94.5 cm³/mol. The third kappa shape index (κ3) is 3.68. The summed E-state index contributed by atoms with van der Waals surface area (Å²) in [6.45, 7) is -0.495. The number of hydrogen-bond acceptors (Lipinski definition) is 6. The topological polar surface area (TPSA) is 99.4 Å². The second-order valence-electron chi connectivity index (χ2n) is 5.31. The molecule has 0 aliphatic rings. The number of nitrogens with zero attached hydrogens (tertiary/aromatic N) is 2. The zero-order valence-corrected chi connectivity index (χ0v) is 14.0. The first kappa shape index (κ1) is 17.5. The number of esters is 1. The summed E-state index contributed by atoms with van der Waals surface area (Å²) in [7, 11) is 0. The van der Waals surface area contributed by atoms with Gasteiger partial charge in [0.05, 0.1) is 16.0 Å². The van der Waals surface area contributed by atoms with Crippen LogP contribution < -0.4 is 0 Å². The Hall–Kier alpha value is -3.32. The maximum atomic E-state index is 12.3. The van der Waals surface area contributed by atoms with Crippen LogP contribution in [0, 0.1) is 10.1 Å². The van der Waals surface area contributed by atoms with E-state index >= 15 is 0 Å². The van der Waals surface area contributed by atoms with Gasteiger partial charge < -0.3 is 4.74 Å². The molecule has 0 saturated carbocycles. The highest BCUT2D eigenvalue weighted by atomic mass is 35.5. The van der Waals surface area contributed by atoms with Crippen molar-refractivity contribution >= 4 is 39.9 Å². The average Bonchev–Trinajstić information content (AvgIpc) is 2.65. The van der Waals surface area contributed by atoms with Crippen molar-refractivity contribution < 1.29 is 19.2 Å². The van der Waals surface area contributed by atoms with Crippen LogP contribution in [0.3, 0.4) is 0 Å². The van der Waals surface area contributed by atoms with E-state index in [1.807, 2.05) is 0 Å². The number of nitro groups is 1. The van der Waals surface area contributed by atoms with Gasteiger partial charge in [0.15, 0.2) is 12.4 Å². The van der Waals surface area contributed by atoms with Gasteiger partial charge in [0, 0.05) is 23.1 Å². The van der Waals surface area contributed by atoms with E-state index in [2.05, 4.69) is 4.98 Å². The van der Waals surface area contributed by atoms with Crippen LogP contribution in [-0.2, 0) is 4.74 Å². The highest BCUT2D eigenvalue weighted by Gasteiger charge is 2.16. The van der Waals surface area contributed by atoms with Crippen LogP contribution in [0.2, 0.25) is 5.15 Å². The summed E-state index contributed by atoms with van der Waals surface area (Å²) in [6, 6.07) is 13.3. The van der Waals surface area contributed by atoms with E-state index < -0.39 is 23.3 Å². The number of carbonyl (C=O) groups is 2. The van der Waals surface area contributed by atoms with Gasteiger partial charge in [-0.25, -0.2) is 9.78 Å². The number of nitro benzene ring substituents is 1. The van der Waals surface area contributed by atoms with E-state index in [4.69, 9.17) is 16.3 Å². The number of halogens is 1. The number of pyridine rings is 1. The van der Waals surface area contributed by atoms with Gasteiger partial charge in [-0.2, -0.15) is 0 Å². The fourth-order valence-electron chi connectivity index (χ4n) is 2.37. The molecule has 7 nitrogen and oxygen atoms in total. The average molecular weight is 371 g/mol. The predicted octanol–water partition coefficient (Wildman–Crippen LogP) is 3.84. The van der Waals surface area contributed by atoms with Crippen LogP contribution in [0.15, 0.2) is 54.6 Å². The van der Waals surface area contributed by atoms with Gasteiger partial charge >= 0.3 is 5.97 Å². The second-order valence-corrected chi connectivity index (χ2v) is 5.70. The molecule has 2 aromatic carbocycles. The van der Waals surface area contributed by atoms with E-state index in [1.165, 1.54) is 30.3 Å². The van der Waals surface area contributed by atoms with Gasteiger partial charge in [-0.1, -0.05) is 29.8 Å². The molecular formula is C18H11ClN2O5. The molecule has 8 heteroatoms. The molecule has 0 radical (unpaired) electrons. The summed E-state index contributed by atoms with van der Waals surface area (Å²) in [6.07, 6.45) is 0. The van der Waals surface area contributed by atoms with Gasteiger partial charge in [0.25, 0.3) is 5.69 Å². The number of rotatable bonds is 5. The molecule has 0 amide bonds. The molecule has 3 aromatic rings. The maximum Gasteiger partial charge on any atom is 0.339 e. The molecule has 0 aliphatic carbocycles. The van der Waals surface area contributed by atoms with E-state index in [-0.39, 0.29) is 22.0 Å². The number of benzene rings is 2. The van der Waals surface area contributed by atoms with E-state index in [0.717, 1.165) is 0 Å². The highest BCUT2D eigenvalue weighted by Crippen LogP contribution is 2.21. The number of Topliss-reactive ketones (excluding diaryl/α,β-unsaturated/α-hetero) is 1. The van der Waals surface area contributed by atoms with Gasteiger partial charge in [-0.3, -0.25) is 14.9 Å². The molecule has 0 fully saturated rings. The van der Waals surface area contributed by atoms with Crippen molar-refractivity contribution in [1.82, 2.24) is 4.98 Å². The summed E-state index contributed by atoms with van der Waals surface area (Å²) in [5.74, 6) is -1.18. The number of fused-ring (bicyclic) bond motifs is 1. The Labute approximate surface area is 152 Å². The summed E-state index contributed by atoms with van der Waals surface area (Å²) in [5, 5.41) is 11.3. The van der Waals surface area contributed by atoms with Crippen molar-refractivity contribution in [2.24, 2.45) is 0 Å². The SMILES string of the molecule is O=C(COC(=O)c1cc(Cl)nc2ccccc12)c1ccc([N+](=O)[O-])cc1. The number of hydrogen-bond donors (Lipinski definition) is 0. The molecule has 0 atom stereocenters. The smallest absolute Gasteiger partial charge is 0.339 e. The molecule has 26 heavy (non-hydrogen) atoms. The first-order valence-electron chi connectivity index (χ1n) is 7.46. The normalized spacial score (nSPS) is 10.5. The van der Waals surface area contributed by atoms with Crippen LogP contribution in [0.5, 0.6) is 0 Å². The fraction of sp³-hybridized carbons (Fsp3) is 0.0556. The third-order valence-corrected chi connectivity index (χ3v) is 3.83. The lowest BCUT2D eigenvalue weighted by Crippen LogP contribution is -2.14. The van der Waals surface area contributed by atoms with E-state index in [1.54, 1.807) is 24.3 Å². The third-order valence-electron chi connectivity index (χ3n) is 3.64. The van der Waals surface area contributed by atoms with E-state index in [0.29, 0.717) is 10.9 Å². The standard InChI is InChI=1S/C18H11ClN2O5/c19-17-9-14(13-3-1-2-4-15(13)20-17)18(23)26-10-16(22)11-5-7-12(8-6-11)21(24)25/h1-9H,10H2. The fourth-order valence-corrected chi connectivity index (χ4v) is 2.57. The Morgan fingerprint density at radius 3 is 2.50 bits per heavy atom. The molecule has 0 unspecified atom stereocenters. The lowest BCUT2D eigenvalue weighted by molar-refractivity contribution is -0.384. The monoisotopic (exact) mass is 370 g/mol. The summed E-state index contributed by atoms with van der Waals surface area (Å²) in [4.78, 5) is 38.6. The van der Waals surface area contributed by atoms with Gasteiger partial charge in [-0.05, 0) is 24.3 Å². The Kier molecular flexibility index (Phi) is 4.90. The first-order chi connectivity index (χ1) is 12.5. The van der Waals surface area contributed by atoms with Crippen LogP contribution in [-0.4, -0.2) is 28.3 Å². The maximum absolute atomic E-state index is 12.3. The molecule has 0 saturated heterocycles. The molecule has 0 N–H and O–H groups in total. The van der Waals surface area contributed by atoms with Crippen LogP contribution in [0.4, 0.5) is 5.69 Å². The minimum absolute atomic E-state index is 0.128. The minimum atomic E-state index is -0.708. The Morgan fingerprint density at radius 2 is 1.81 bits per heavy atom. The molecule has 0 spiro atoms. The Bertz CT molecular complexity index is 1020.